The molecular weight excluding hydrogens is 376 g/mol. The van der Waals surface area contributed by atoms with E-state index in [1.54, 1.807) is 18.7 Å². The number of carbonyl (C=O) groups excluding carboxylic acids is 1. The minimum Gasteiger partial charge on any atom is -0.319 e. The Labute approximate surface area is 168 Å². The van der Waals surface area contributed by atoms with Crippen molar-refractivity contribution in [2.45, 2.75) is 19.9 Å². The van der Waals surface area contributed by atoms with E-state index in [0.717, 1.165) is 11.3 Å². The first-order valence-corrected chi connectivity index (χ1v) is 9.39. The van der Waals surface area contributed by atoms with Crippen molar-refractivity contribution in [1.29, 1.82) is 0 Å². The van der Waals surface area contributed by atoms with E-state index in [1.165, 1.54) is 4.68 Å². The van der Waals surface area contributed by atoms with Gasteiger partial charge in [-0.25, -0.2) is 4.68 Å². The van der Waals surface area contributed by atoms with Gasteiger partial charge in [0.2, 0.25) is 5.91 Å². The van der Waals surface area contributed by atoms with Gasteiger partial charge in [0.1, 0.15) is 5.69 Å². The second kappa shape index (κ2) is 8.46. The van der Waals surface area contributed by atoms with Gasteiger partial charge in [0.05, 0.1) is 17.9 Å². The monoisotopic (exact) mass is 398 g/mol. The van der Waals surface area contributed by atoms with E-state index in [9.17, 15) is 9.59 Å². The number of rotatable bonds is 6. The summed E-state index contributed by atoms with van der Waals surface area (Å²) in [4.78, 5) is 25.3. The number of hydrogen-bond acceptors (Lipinski definition) is 3. The van der Waals surface area contributed by atoms with Gasteiger partial charge in [0, 0.05) is 18.1 Å². The molecule has 0 fully saturated rings. The second-order valence-electron chi connectivity index (χ2n) is 6.61. The largest absolute Gasteiger partial charge is 0.319 e. The molecule has 1 unspecified atom stereocenters. The molecule has 146 valence electrons. The summed E-state index contributed by atoms with van der Waals surface area (Å²) >= 11 is 6.20. The third-order valence-electron chi connectivity index (χ3n) is 4.76. The van der Waals surface area contributed by atoms with Gasteiger partial charge < -0.3 is 10.6 Å². The molecule has 3 aromatic rings. The van der Waals surface area contributed by atoms with Crippen molar-refractivity contribution >= 4 is 23.2 Å². The van der Waals surface area contributed by atoms with E-state index >= 15 is 0 Å². The van der Waals surface area contributed by atoms with Crippen LogP contribution in [0.4, 0.5) is 5.69 Å². The molecular formula is C21H23ClN4O2. The molecule has 1 aromatic heterocycles. The number of amides is 1. The molecule has 3 rings (SSSR count). The topological polar surface area (TPSA) is 68.1 Å². The Morgan fingerprint density at radius 1 is 1.11 bits per heavy atom. The van der Waals surface area contributed by atoms with Crippen molar-refractivity contribution in [3.8, 4) is 5.69 Å². The number of carbonyl (C=O) groups is 1. The molecule has 2 N–H and O–H groups in total. The van der Waals surface area contributed by atoms with Crippen LogP contribution in [0.3, 0.4) is 0 Å². The van der Waals surface area contributed by atoms with E-state index in [1.807, 2.05) is 61.5 Å². The third-order valence-corrected chi connectivity index (χ3v) is 5.10. The average Bonchev–Trinajstić information content (AvgIpc) is 2.90. The van der Waals surface area contributed by atoms with Crippen LogP contribution in [0.2, 0.25) is 5.02 Å². The highest BCUT2D eigenvalue weighted by Crippen LogP contribution is 2.22. The van der Waals surface area contributed by atoms with Crippen LogP contribution in [-0.2, 0) is 11.8 Å². The lowest BCUT2D eigenvalue weighted by Crippen LogP contribution is -2.32. The molecule has 0 saturated carbocycles. The summed E-state index contributed by atoms with van der Waals surface area (Å²) in [5.41, 5.74) is 2.35. The first-order valence-electron chi connectivity index (χ1n) is 9.02. The van der Waals surface area contributed by atoms with Crippen LogP contribution in [0.5, 0.6) is 0 Å². The first kappa shape index (κ1) is 19.9. The molecule has 0 spiro atoms. The van der Waals surface area contributed by atoms with E-state index in [0.29, 0.717) is 10.7 Å². The molecule has 0 saturated heterocycles. The summed E-state index contributed by atoms with van der Waals surface area (Å²) in [5, 5.41) is 6.53. The Bertz CT molecular complexity index is 1040. The number of para-hydroxylation sites is 1. The van der Waals surface area contributed by atoms with Crippen molar-refractivity contribution in [2.75, 3.05) is 11.9 Å². The fourth-order valence-corrected chi connectivity index (χ4v) is 3.38. The standard InChI is InChI=1S/C21H23ClN4O2/c1-14(17-11-7-8-12-18(17)22)23-13-19(27)24-20-15(2)25(3)26(21(20)28)16-9-5-4-6-10-16/h4-12,14,23H,13H2,1-3H3,(H,24,27). The molecule has 28 heavy (non-hydrogen) atoms. The molecule has 0 aliphatic carbocycles. The van der Waals surface area contributed by atoms with Crippen molar-refractivity contribution in [1.82, 2.24) is 14.7 Å². The number of benzene rings is 2. The lowest BCUT2D eigenvalue weighted by Gasteiger charge is -2.15. The highest BCUT2D eigenvalue weighted by molar-refractivity contribution is 6.31. The average molecular weight is 399 g/mol. The fraction of sp³-hybridized carbons (Fsp3) is 0.238. The molecule has 7 heteroatoms. The van der Waals surface area contributed by atoms with Gasteiger partial charge in [-0.1, -0.05) is 48.0 Å². The Morgan fingerprint density at radius 3 is 2.43 bits per heavy atom. The molecule has 0 bridgehead atoms. The molecule has 0 aliphatic rings. The summed E-state index contributed by atoms with van der Waals surface area (Å²) < 4.78 is 3.26. The summed E-state index contributed by atoms with van der Waals surface area (Å²) in [7, 11) is 1.79. The molecule has 1 atom stereocenters. The number of hydrogen-bond donors (Lipinski definition) is 2. The zero-order valence-electron chi connectivity index (χ0n) is 16.1. The van der Waals surface area contributed by atoms with Crippen LogP contribution in [0.15, 0.2) is 59.4 Å². The summed E-state index contributed by atoms with van der Waals surface area (Å²) in [5.74, 6) is -0.287. The third kappa shape index (κ3) is 4.03. The zero-order valence-corrected chi connectivity index (χ0v) is 16.8. The number of halogens is 1. The number of nitrogens with zero attached hydrogens (tertiary/aromatic N) is 2. The van der Waals surface area contributed by atoms with Crippen LogP contribution in [-0.4, -0.2) is 21.8 Å². The summed E-state index contributed by atoms with van der Waals surface area (Å²) in [6, 6.07) is 16.7. The van der Waals surface area contributed by atoms with E-state index in [2.05, 4.69) is 10.6 Å². The second-order valence-corrected chi connectivity index (χ2v) is 7.02. The summed E-state index contributed by atoms with van der Waals surface area (Å²) in [6.45, 7) is 3.80. The van der Waals surface area contributed by atoms with Crippen LogP contribution in [0.25, 0.3) is 5.69 Å². The van der Waals surface area contributed by atoms with Gasteiger partial charge in [-0.2, -0.15) is 0 Å². The number of nitrogens with one attached hydrogen (secondary N) is 2. The summed E-state index contributed by atoms with van der Waals surface area (Å²) in [6.07, 6.45) is 0. The molecule has 1 amide bonds. The van der Waals surface area contributed by atoms with Crippen LogP contribution in [0, 0.1) is 6.92 Å². The van der Waals surface area contributed by atoms with Crippen LogP contribution >= 0.6 is 11.6 Å². The highest BCUT2D eigenvalue weighted by atomic mass is 35.5. The maximum atomic E-state index is 12.8. The lowest BCUT2D eigenvalue weighted by atomic mass is 10.1. The Morgan fingerprint density at radius 2 is 1.75 bits per heavy atom. The van der Waals surface area contributed by atoms with E-state index in [4.69, 9.17) is 11.6 Å². The lowest BCUT2D eigenvalue weighted by molar-refractivity contribution is -0.115. The Kier molecular flexibility index (Phi) is 6.02. The minimum absolute atomic E-state index is 0.0610. The molecule has 1 heterocycles. The van der Waals surface area contributed by atoms with Gasteiger partial charge in [-0.15, -0.1) is 0 Å². The SMILES string of the molecule is Cc1c(NC(=O)CNC(C)c2ccccc2Cl)c(=O)n(-c2ccccc2)n1C. The highest BCUT2D eigenvalue weighted by Gasteiger charge is 2.18. The van der Waals surface area contributed by atoms with Crippen LogP contribution < -0.4 is 16.2 Å². The fourth-order valence-electron chi connectivity index (χ4n) is 3.08. The predicted molar refractivity (Wildman–Crippen MR) is 112 cm³/mol. The van der Waals surface area contributed by atoms with Crippen molar-refractivity contribution in [2.24, 2.45) is 7.05 Å². The van der Waals surface area contributed by atoms with Gasteiger partial charge in [-0.3, -0.25) is 14.3 Å². The number of aromatic nitrogens is 2. The smallest absolute Gasteiger partial charge is 0.295 e. The molecule has 0 aliphatic heterocycles. The van der Waals surface area contributed by atoms with Gasteiger partial charge in [-0.05, 0) is 37.6 Å². The predicted octanol–water partition coefficient (Wildman–Crippen LogP) is 3.43. The molecule has 0 radical (unpaired) electrons. The quantitative estimate of drug-likeness (QED) is 0.668. The van der Waals surface area contributed by atoms with Gasteiger partial charge in [0.25, 0.3) is 5.56 Å². The molecule has 2 aromatic carbocycles. The zero-order chi connectivity index (χ0) is 20.3. The number of anilines is 1. The van der Waals surface area contributed by atoms with E-state index in [-0.39, 0.29) is 29.7 Å². The van der Waals surface area contributed by atoms with Crippen LogP contribution in [0.1, 0.15) is 24.2 Å². The maximum Gasteiger partial charge on any atom is 0.295 e. The van der Waals surface area contributed by atoms with Gasteiger partial charge >= 0.3 is 0 Å². The van der Waals surface area contributed by atoms with Crippen molar-refractivity contribution < 1.29 is 4.79 Å². The normalized spacial score (nSPS) is 12.0. The minimum atomic E-state index is -0.287. The maximum absolute atomic E-state index is 12.8. The Hall–Kier alpha value is -2.83. The molecule has 6 nitrogen and oxygen atoms in total. The van der Waals surface area contributed by atoms with Gasteiger partial charge in [0.15, 0.2) is 0 Å². The van der Waals surface area contributed by atoms with Crippen molar-refractivity contribution in [3.63, 3.8) is 0 Å². The van der Waals surface area contributed by atoms with Crippen molar-refractivity contribution in [3.05, 3.63) is 81.2 Å². The first-order chi connectivity index (χ1) is 13.4. The van der Waals surface area contributed by atoms with E-state index < -0.39 is 0 Å². The Balaban J connectivity index is 1.73.